The molecule has 1 aromatic carbocycles. The average molecular weight is 273 g/mol. The molecule has 1 heterocycles. The molecule has 0 bridgehead atoms. The molecule has 0 aliphatic carbocycles. The molecule has 2 unspecified atom stereocenters. The van der Waals surface area contributed by atoms with Crippen molar-refractivity contribution < 1.29 is 22.7 Å². The van der Waals surface area contributed by atoms with Crippen LogP contribution in [0.3, 0.4) is 0 Å². The molecule has 6 heteroatoms. The maximum Gasteiger partial charge on any atom is 0.393 e. The Balaban J connectivity index is 2.15. The molecular formula is C13H14F3NO2. The van der Waals surface area contributed by atoms with E-state index in [-0.39, 0.29) is 6.61 Å². The van der Waals surface area contributed by atoms with Gasteiger partial charge in [0, 0.05) is 0 Å². The molecule has 1 saturated heterocycles. The third-order valence-corrected chi connectivity index (χ3v) is 3.25. The SMILES string of the molecule is C[C@@H](C1NC(c2ccccc2)COC1=O)C(F)(F)F. The standard InChI is InChI=1S/C13H14F3NO2/c1-8(13(14,15)16)11-12(18)19-7-10(17-11)9-5-3-2-4-6-9/h2-6,8,10-11,17H,7H2,1H3/t8-,10?,11?/m0/s1. The maximum absolute atomic E-state index is 12.7. The van der Waals surface area contributed by atoms with Crippen molar-refractivity contribution >= 4 is 5.97 Å². The largest absolute Gasteiger partial charge is 0.462 e. The summed E-state index contributed by atoms with van der Waals surface area (Å²) in [5, 5.41) is 2.73. The van der Waals surface area contributed by atoms with Crippen molar-refractivity contribution in [2.24, 2.45) is 5.92 Å². The first-order valence-corrected chi connectivity index (χ1v) is 5.94. The van der Waals surface area contributed by atoms with Gasteiger partial charge in [-0.2, -0.15) is 13.2 Å². The summed E-state index contributed by atoms with van der Waals surface area (Å²) in [6, 6.07) is 7.19. The first-order chi connectivity index (χ1) is 8.89. The van der Waals surface area contributed by atoms with Gasteiger partial charge >= 0.3 is 12.1 Å². The van der Waals surface area contributed by atoms with Crippen LogP contribution >= 0.6 is 0 Å². The lowest BCUT2D eigenvalue weighted by atomic mass is 9.97. The summed E-state index contributed by atoms with van der Waals surface area (Å²) in [6.45, 7) is 1.02. The van der Waals surface area contributed by atoms with Crippen LogP contribution in [0.25, 0.3) is 0 Å². The number of esters is 1. The zero-order valence-corrected chi connectivity index (χ0v) is 10.3. The first kappa shape index (κ1) is 13.9. The minimum Gasteiger partial charge on any atom is -0.462 e. The lowest BCUT2D eigenvalue weighted by molar-refractivity contribution is -0.192. The minimum absolute atomic E-state index is 0.0456. The minimum atomic E-state index is -4.44. The maximum atomic E-state index is 12.7. The van der Waals surface area contributed by atoms with Crippen LogP contribution in [0, 0.1) is 5.92 Å². The second-order valence-electron chi connectivity index (χ2n) is 4.57. The number of carbonyl (C=O) groups excluding carboxylic acids is 1. The highest BCUT2D eigenvalue weighted by atomic mass is 19.4. The van der Waals surface area contributed by atoms with Crippen LogP contribution < -0.4 is 5.32 Å². The molecule has 0 amide bonds. The second-order valence-corrected chi connectivity index (χ2v) is 4.57. The van der Waals surface area contributed by atoms with E-state index in [9.17, 15) is 18.0 Å². The quantitative estimate of drug-likeness (QED) is 0.841. The van der Waals surface area contributed by atoms with Gasteiger partial charge in [-0.25, -0.2) is 0 Å². The van der Waals surface area contributed by atoms with E-state index in [1.54, 1.807) is 24.3 Å². The summed E-state index contributed by atoms with van der Waals surface area (Å²) in [7, 11) is 0. The number of halogens is 3. The molecular weight excluding hydrogens is 259 g/mol. The summed E-state index contributed by atoms with van der Waals surface area (Å²) in [6.07, 6.45) is -4.44. The smallest absolute Gasteiger partial charge is 0.393 e. The van der Waals surface area contributed by atoms with Gasteiger partial charge in [0.15, 0.2) is 0 Å². The van der Waals surface area contributed by atoms with E-state index in [2.05, 4.69) is 5.32 Å². The Morgan fingerprint density at radius 1 is 1.32 bits per heavy atom. The lowest BCUT2D eigenvalue weighted by Gasteiger charge is -2.34. The van der Waals surface area contributed by atoms with E-state index in [0.29, 0.717) is 0 Å². The van der Waals surface area contributed by atoms with Crippen molar-refractivity contribution in [1.29, 1.82) is 0 Å². The van der Waals surface area contributed by atoms with Crippen LogP contribution in [0.15, 0.2) is 30.3 Å². The van der Waals surface area contributed by atoms with Crippen molar-refractivity contribution in [1.82, 2.24) is 5.32 Å². The fraction of sp³-hybridized carbons (Fsp3) is 0.462. The molecule has 2 rings (SSSR count). The molecule has 1 fully saturated rings. The van der Waals surface area contributed by atoms with Gasteiger partial charge in [0.1, 0.15) is 12.6 Å². The van der Waals surface area contributed by atoms with Gasteiger partial charge in [-0.15, -0.1) is 0 Å². The summed E-state index contributed by atoms with van der Waals surface area (Å²) in [5.41, 5.74) is 0.800. The molecule has 0 radical (unpaired) electrons. The Bertz CT molecular complexity index is 447. The van der Waals surface area contributed by atoms with Crippen LogP contribution in [0.1, 0.15) is 18.5 Å². The molecule has 1 N–H and O–H groups in total. The molecule has 3 atom stereocenters. The highest BCUT2D eigenvalue weighted by molar-refractivity contribution is 5.77. The third kappa shape index (κ3) is 3.07. The normalized spacial score (nSPS) is 25.8. The fourth-order valence-corrected chi connectivity index (χ4v) is 2.00. The van der Waals surface area contributed by atoms with E-state index < -0.39 is 30.1 Å². The van der Waals surface area contributed by atoms with Crippen molar-refractivity contribution in [3.8, 4) is 0 Å². The number of rotatable bonds is 2. The summed E-state index contributed by atoms with van der Waals surface area (Å²) in [4.78, 5) is 11.5. The summed E-state index contributed by atoms with van der Waals surface area (Å²) < 4.78 is 42.9. The molecule has 1 aliphatic rings. The van der Waals surface area contributed by atoms with E-state index in [1.807, 2.05) is 6.07 Å². The predicted octanol–water partition coefficient (Wildman–Crippen LogP) is 2.44. The highest BCUT2D eigenvalue weighted by Gasteiger charge is 2.47. The van der Waals surface area contributed by atoms with Crippen molar-refractivity contribution in [2.45, 2.75) is 25.2 Å². The van der Waals surface area contributed by atoms with Gasteiger partial charge in [-0.3, -0.25) is 10.1 Å². The molecule has 3 nitrogen and oxygen atoms in total. The Morgan fingerprint density at radius 2 is 1.95 bits per heavy atom. The molecule has 104 valence electrons. The topological polar surface area (TPSA) is 38.3 Å². The van der Waals surface area contributed by atoms with Crippen LogP contribution in [-0.2, 0) is 9.53 Å². The number of alkyl halides is 3. The molecule has 19 heavy (non-hydrogen) atoms. The van der Waals surface area contributed by atoms with Gasteiger partial charge in [0.2, 0.25) is 0 Å². The van der Waals surface area contributed by atoms with E-state index in [1.165, 1.54) is 0 Å². The fourth-order valence-electron chi connectivity index (χ4n) is 2.00. The van der Waals surface area contributed by atoms with Crippen LogP contribution in [0.2, 0.25) is 0 Å². The summed E-state index contributed by atoms with van der Waals surface area (Å²) >= 11 is 0. The van der Waals surface area contributed by atoms with E-state index in [4.69, 9.17) is 4.74 Å². The van der Waals surface area contributed by atoms with Gasteiger partial charge in [0.25, 0.3) is 0 Å². The van der Waals surface area contributed by atoms with Gasteiger partial charge in [0.05, 0.1) is 12.0 Å². The second kappa shape index (κ2) is 5.21. The van der Waals surface area contributed by atoms with Gasteiger partial charge in [-0.05, 0) is 5.56 Å². The highest BCUT2D eigenvalue weighted by Crippen LogP contribution is 2.31. The first-order valence-electron chi connectivity index (χ1n) is 5.94. The number of nitrogens with one attached hydrogen (secondary N) is 1. The number of hydrogen-bond acceptors (Lipinski definition) is 3. The Morgan fingerprint density at radius 3 is 2.53 bits per heavy atom. The number of hydrogen-bond donors (Lipinski definition) is 1. The average Bonchev–Trinajstić information content (AvgIpc) is 2.38. The van der Waals surface area contributed by atoms with E-state index in [0.717, 1.165) is 12.5 Å². The monoisotopic (exact) mass is 273 g/mol. The zero-order valence-electron chi connectivity index (χ0n) is 10.3. The molecule has 0 saturated carbocycles. The van der Waals surface area contributed by atoms with Crippen LogP contribution in [-0.4, -0.2) is 24.8 Å². The number of cyclic esters (lactones) is 1. The Hall–Kier alpha value is -1.56. The number of ether oxygens (including phenoxy) is 1. The van der Waals surface area contributed by atoms with Crippen molar-refractivity contribution in [3.63, 3.8) is 0 Å². The van der Waals surface area contributed by atoms with Crippen molar-refractivity contribution in [2.75, 3.05) is 6.61 Å². The van der Waals surface area contributed by atoms with Crippen LogP contribution in [0.5, 0.6) is 0 Å². The Kier molecular flexibility index (Phi) is 3.80. The van der Waals surface area contributed by atoms with Crippen molar-refractivity contribution in [3.05, 3.63) is 35.9 Å². The van der Waals surface area contributed by atoms with Gasteiger partial charge in [-0.1, -0.05) is 37.3 Å². The van der Waals surface area contributed by atoms with Crippen LogP contribution in [0.4, 0.5) is 13.2 Å². The number of benzene rings is 1. The molecule has 1 aliphatic heterocycles. The Labute approximate surface area is 108 Å². The number of carbonyl (C=O) groups is 1. The third-order valence-electron chi connectivity index (χ3n) is 3.25. The summed E-state index contributed by atoms with van der Waals surface area (Å²) in [5.74, 6) is -2.64. The lowest BCUT2D eigenvalue weighted by Crippen LogP contribution is -2.53. The molecule has 0 aromatic heterocycles. The van der Waals surface area contributed by atoms with Gasteiger partial charge < -0.3 is 4.74 Å². The predicted molar refractivity (Wildman–Crippen MR) is 62.3 cm³/mol. The molecule has 0 spiro atoms. The zero-order chi connectivity index (χ0) is 14.0. The molecule has 1 aromatic rings. The van der Waals surface area contributed by atoms with E-state index >= 15 is 0 Å². The number of morpholine rings is 1.